The summed E-state index contributed by atoms with van der Waals surface area (Å²) in [4.78, 5) is 9.62. The van der Waals surface area contributed by atoms with Crippen LogP contribution < -0.4 is 0 Å². The molecule has 0 fully saturated rings. The Kier molecular flexibility index (Phi) is 2.21. The molecule has 3 nitrogen and oxygen atoms in total. The number of hydrogen-bond acceptors (Lipinski definition) is 2. The molecule has 0 spiro atoms. The van der Waals surface area contributed by atoms with E-state index in [4.69, 9.17) is 0 Å². The Morgan fingerprint density at radius 1 is 1.60 bits per heavy atom. The largest absolute Gasteiger partial charge is 0.279 e. The van der Waals surface area contributed by atoms with Crippen molar-refractivity contribution >= 4 is 28.3 Å². The molecule has 1 aromatic rings. The minimum atomic E-state index is -0.487. The molecule has 0 atom stereocenters. The lowest BCUT2D eigenvalue weighted by molar-refractivity contribution is -0.385. The first-order valence-electron chi connectivity index (χ1n) is 2.43. The molecule has 0 aliphatic carbocycles. The highest BCUT2D eigenvalue weighted by Crippen LogP contribution is 2.12. The lowest BCUT2D eigenvalue weighted by atomic mass is 10.3. The fraction of sp³-hybridized carbons (Fsp3) is 0. The van der Waals surface area contributed by atoms with E-state index < -0.39 is 4.92 Å². The Morgan fingerprint density at radius 3 is 2.70 bits per heavy atom. The average Bonchev–Trinajstić information content (AvgIpc) is 1.88. The van der Waals surface area contributed by atoms with Gasteiger partial charge in [0.2, 0.25) is 0 Å². The molecule has 50 valence electrons. The zero-order valence-electron chi connectivity index (χ0n) is 4.80. The zero-order chi connectivity index (χ0) is 7.56. The average molecular weight is 247 g/mol. The van der Waals surface area contributed by atoms with E-state index in [1.165, 1.54) is 6.07 Å². The summed E-state index contributed by atoms with van der Waals surface area (Å²) in [6.07, 6.45) is 0. The number of benzene rings is 1. The van der Waals surface area contributed by atoms with Gasteiger partial charge in [0.1, 0.15) is 0 Å². The molecular weight excluding hydrogens is 245 g/mol. The van der Waals surface area contributed by atoms with Crippen LogP contribution in [-0.2, 0) is 0 Å². The Labute approximate surface area is 71.3 Å². The number of halogens is 1. The highest BCUT2D eigenvalue weighted by molar-refractivity contribution is 14.1. The molecule has 0 aliphatic heterocycles. The maximum atomic E-state index is 10.1. The first-order valence-corrected chi connectivity index (χ1v) is 3.51. The molecular formula is C6H2INO2. The molecule has 10 heavy (non-hydrogen) atoms. The van der Waals surface area contributed by atoms with Crippen molar-refractivity contribution in [2.24, 2.45) is 0 Å². The van der Waals surface area contributed by atoms with Gasteiger partial charge in [0.25, 0.3) is 5.69 Å². The van der Waals surface area contributed by atoms with Crippen molar-refractivity contribution in [2.75, 3.05) is 0 Å². The van der Waals surface area contributed by atoms with Gasteiger partial charge in [-0.05, 0) is 34.7 Å². The van der Waals surface area contributed by atoms with Crippen LogP contribution in [0, 0.1) is 25.8 Å². The molecule has 0 N–H and O–H groups in total. The SMILES string of the molecule is O=[N+]([O-])c1[c]c(I)c[c]c1. The van der Waals surface area contributed by atoms with E-state index in [1.807, 2.05) is 22.6 Å². The van der Waals surface area contributed by atoms with Crippen LogP contribution in [0.4, 0.5) is 5.69 Å². The van der Waals surface area contributed by atoms with Crippen molar-refractivity contribution in [3.05, 3.63) is 37.9 Å². The van der Waals surface area contributed by atoms with E-state index in [9.17, 15) is 10.1 Å². The van der Waals surface area contributed by atoms with Gasteiger partial charge in [0.05, 0.1) is 11.0 Å². The molecule has 0 aromatic heterocycles. The van der Waals surface area contributed by atoms with Crippen molar-refractivity contribution in [1.82, 2.24) is 0 Å². The van der Waals surface area contributed by atoms with E-state index in [0.717, 1.165) is 0 Å². The van der Waals surface area contributed by atoms with Crippen LogP contribution in [0.25, 0.3) is 0 Å². The van der Waals surface area contributed by atoms with Gasteiger partial charge in [0, 0.05) is 9.64 Å². The lowest BCUT2D eigenvalue weighted by Crippen LogP contribution is -1.87. The molecule has 0 unspecified atom stereocenters. The van der Waals surface area contributed by atoms with E-state index in [1.54, 1.807) is 6.07 Å². The fourth-order valence-electron chi connectivity index (χ4n) is 0.487. The molecule has 0 amide bonds. The Bertz CT molecular complexity index is 262. The number of nitro benzene ring substituents is 1. The topological polar surface area (TPSA) is 43.1 Å². The van der Waals surface area contributed by atoms with Gasteiger partial charge >= 0.3 is 0 Å². The molecule has 1 rings (SSSR count). The predicted molar refractivity (Wildman–Crippen MR) is 43.5 cm³/mol. The van der Waals surface area contributed by atoms with Crippen LogP contribution in [0.2, 0.25) is 0 Å². The Balaban J connectivity index is 3.07. The predicted octanol–water partition coefficient (Wildman–Crippen LogP) is 1.80. The molecule has 4 heteroatoms. The third-order valence-electron chi connectivity index (χ3n) is 0.874. The Hall–Kier alpha value is -0.650. The second-order valence-electron chi connectivity index (χ2n) is 1.57. The zero-order valence-corrected chi connectivity index (χ0v) is 6.95. The van der Waals surface area contributed by atoms with Gasteiger partial charge in [-0.25, -0.2) is 0 Å². The summed E-state index contributed by atoms with van der Waals surface area (Å²) in [5.74, 6) is 0. The standard InChI is InChI=1S/C6H2INO2/c7-5-2-1-3-6(4-5)8(9)10/h2-3H. The summed E-state index contributed by atoms with van der Waals surface area (Å²) in [5, 5.41) is 10.1. The smallest absolute Gasteiger partial charge is 0.258 e. The summed E-state index contributed by atoms with van der Waals surface area (Å²) in [5.41, 5.74) is -0.0353. The minimum Gasteiger partial charge on any atom is -0.258 e. The van der Waals surface area contributed by atoms with Crippen LogP contribution in [0.3, 0.4) is 0 Å². The van der Waals surface area contributed by atoms with E-state index in [2.05, 4.69) is 12.1 Å². The lowest BCUT2D eigenvalue weighted by Gasteiger charge is -1.88. The third-order valence-corrected chi connectivity index (χ3v) is 1.46. The molecule has 0 aliphatic rings. The summed E-state index contributed by atoms with van der Waals surface area (Å²) >= 11 is 1.95. The van der Waals surface area contributed by atoms with Gasteiger partial charge in [0.15, 0.2) is 0 Å². The van der Waals surface area contributed by atoms with Crippen molar-refractivity contribution in [3.63, 3.8) is 0 Å². The van der Waals surface area contributed by atoms with Crippen LogP contribution >= 0.6 is 22.6 Å². The Morgan fingerprint density at radius 2 is 2.30 bits per heavy atom. The van der Waals surface area contributed by atoms with Gasteiger partial charge in [-0.2, -0.15) is 0 Å². The summed E-state index contributed by atoms with van der Waals surface area (Å²) in [7, 11) is 0. The quantitative estimate of drug-likeness (QED) is 0.431. The van der Waals surface area contributed by atoms with E-state index in [-0.39, 0.29) is 5.69 Å². The van der Waals surface area contributed by atoms with Crippen molar-refractivity contribution in [2.45, 2.75) is 0 Å². The van der Waals surface area contributed by atoms with Gasteiger partial charge in [-0.15, -0.1) is 0 Å². The molecule has 0 saturated carbocycles. The first kappa shape index (κ1) is 7.46. The second kappa shape index (κ2) is 2.96. The van der Waals surface area contributed by atoms with Gasteiger partial charge < -0.3 is 0 Å². The van der Waals surface area contributed by atoms with Crippen LogP contribution in [-0.4, -0.2) is 4.92 Å². The molecule has 0 saturated heterocycles. The number of hydrogen-bond donors (Lipinski definition) is 0. The fourth-order valence-corrected chi connectivity index (χ4v) is 0.943. The van der Waals surface area contributed by atoms with Crippen molar-refractivity contribution < 1.29 is 4.92 Å². The molecule has 1 aromatic carbocycles. The first-order chi connectivity index (χ1) is 4.70. The minimum absolute atomic E-state index is 0.0353. The number of non-ortho nitro benzene ring substituents is 1. The molecule has 2 radical (unpaired) electrons. The number of nitro groups is 1. The van der Waals surface area contributed by atoms with Gasteiger partial charge in [-0.1, -0.05) is 0 Å². The van der Waals surface area contributed by atoms with Crippen LogP contribution in [0.1, 0.15) is 0 Å². The van der Waals surface area contributed by atoms with Crippen molar-refractivity contribution in [3.8, 4) is 0 Å². The monoisotopic (exact) mass is 247 g/mol. The van der Waals surface area contributed by atoms with Crippen molar-refractivity contribution in [1.29, 1.82) is 0 Å². The maximum absolute atomic E-state index is 10.1. The molecule has 0 bridgehead atoms. The summed E-state index contributed by atoms with van der Waals surface area (Å²) in [6.45, 7) is 0. The third kappa shape index (κ3) is 1.66. The summed E-state index contributed by atoms with van der Waals surface area (Å²) < 4.78 is 0.701. The maximum Gasteiger partial charge on any atom is 0.279 e. The van der Waals surface area contributed by atoms with E-state index >= 15 is 0 Å². The number of nitrogens with zero attached hydrogens (tertiary/aromatic N) is 1. The van der Waals surface area contributed by atoms with Crippen LogP contribution in [0.15, 0.2) is 12.1 Å². The number of rotatable bonds is 1. The highest BCUT2D eigenvalue weighted by Gasteiger charge is 2.03. The van der Waals surface area contributed by atoms with Gasteiger partial charge in [-0.3, -0.25) is 10.1 Å². The van der Waals surface area contributed by atoms with E-state index in [0.29, 0.717) is 3.57 Å². The second-order valence-corrected chi connectivity index (χ2v) is 2.73. The van der Waals surface area contributed by atoms with Crippen LogP contribution in [0.5, 0.6) is 0 Å². The highest BCUT2D eigenvalue weighted by atomic mass is 127. The molecule has 0 heterocycles. The normalized spacial score (nSPS) is 9.30. The summed E-state index contributed by atoms with van der Waals surface area (Å²) in [6, 6.07) is 8.12.